The van der Waals surface area contributed by atoms with E-state index in [0.29, 0.717) is 12.3 Å². The molecule has 0 radical (unpaired) electrons. The highest BCUT2D eigenvalue weighted by Crippen LogP contribution is 2.27. The lowest BCUT2D eigenvalue weighted by atomic mass is 9.89. The quantitative estimate of drug-likeness (QED) is 0.740. The van der Waals surface area contributed by atoms with Crippen LogP contribution in [0.25, 0.3) is 0 Å². The molecule has 0 amide bonds. The van der Waals surface area contributed by atoms with Gasteiger partial charge in [0, 0.05) is 11.6 Å². The van der Waals surface area contributed by atoms with Crippen LogP contribution in [0.4, 0.5) is 8.78 Å². The summed E-state index contributed by atoms with van der Waals surface area (Å²) in [7, 11) is 0. The molecular formula is C18H27F2N. The van der Waals surface area contributed by atoms with Gasteiger partial charge < -0.3 is 5.32 Å². The predicted molar refractivity (Wildman–Crippen MR) is 83.3 cm³/mol. The second kappa shape index (κ2) is 8.47. The summed E-state index contributed by atoms with van der Waals surface area (Å²) < 4.78 is 27.7. The first-order chi connectivity index (χ1) is 10.2. The van der Waals surface area contributed by atoms with Gasteiger partial charge in [-0.05, 0) is 37.4 Å². The number of likely N-dealkylation sites (N-methyl/N-ethyl adjacent to an activating group) is 1. The molecule has 1 fully saturated rings. The minimum absolute atomic E-state index is 0.171. The third-order valence-corrected chi connectivity index (χ3v) is 4.60. The molecule has 1 N–H and O–H groups in total. The lowest BCUT2D eigenvalue weighted by Gasteiger charge is -2.24. The first kappa shape index (κ1) is 16.4. The van der Waals surface area contributed by atoms with Gasteiger partial charge in [-0.3, -0.25) is 0 Å². The molecule has 0 spiro atoms. The molecule has 0 bridgehead atoms. The summed E-state index contributed by atoms with van der Waals surface area (Å²) in [5, 5.41) is 3.42. The SMILES string of the molecule is CCNC(Cc1c(F)cccc1F)CC1CCCCCC1. The van der Waals surface area contributed by atoms with E-state index >= 15 is 0 Å². The third kappa shape index (κ3) is 5.06. The van der Waals surface area contributed by atoms with Gasteiger partial charge in [0.1, 0.15) is 11.6 Å². The number of nitrogens with one attached hydrogen (secondary N) is 1. The average molecular weight is 295 g/mol. The van der Waals surface area contributed by atoms with Gasteiger partial charge >= 0.3 is 0 Å². The minimum Gasteiger partial charge on any atom is -0.314 e. The lowest BCUT2D eigenvalue weighted by Crippen LogP contribution is -2.33. The van der Waals surface area contributed by atoms with E-state index in [2.05, 4.69) is 12.2 Å². The van der Waals surface area contributed by atoms with Crippen LogP contribution in [0.3, 0.4) is 0 Å². The van der Waals surface area contributed by atoms with Gasteiger partial charge in [-0.15, -0.1) is 0 Å². The van der Waals surface area contributed by atoms with Crippen molar-refractivity contribution in [2.75, 3.05) is 6.54 Å². The zero-order chi connectivity index (χ0) is 15.1. The van der Waals surface area contributed by atoms with Gasteiger partial charge in [0.25, 0.3) is 0 Å². The number of halogens is 2. The zero-order valence-corrected chi connectivity index (χ0v) is 13.0. The zero-order valence-electron chi connectivity index (χ0n) is 13.0. The van der Waals surface area contributed by atoms with Crippen LogP contribution in [0.2, 0.25) is 0 Å². The molecular weight excluding hydrogens is 268 g/mol. The lowest BCUT2D eigenvalue weighted by molar-refractivity contribution is 0.348. The van der Waals surface area contributed by atoms with Gasteiger partial charge in [0.2, 0.25) is 0 Å². The fourth-order valence-electron chi connectivity index (χ4n) is 3.50. The summed E-state index contributed by atoms with van der Waals surface area (Å²) in [6.07, 6.45) is 9.29. The van der Waals surface area contributed by atoms with E-state index in [1.54, 1.807) is 0 Å². The minimum atomic E-state index is -0.418. The van der Waals surface area contributed by atoms with Crippen molar-refractivity contribution in [1.29, 1.82) is 0 Å². The summed E-state index contributed by atoms with van der Waals surface area (Å²) in [6, 6.07) is 4.31. The predicted octanol–water partition coefficient (Wildman–Crippen LogP) is 4.85. The number of hydrogen-bond donors (Lipinski definition) is 1. The fraction of sp³-hybridized carbons (Fsp3) is 0.667. The largest absolute Gasteiger partial charge is 0.314 e. The highest BCUT2D eigenvalue weighted by molar-refractivity contribution is 5.20. The maximum Gasteiger partial charge on any atom is 0.129 e. The molecule has 0 saturated heterocycles. The van der Waals surface area contributed by atoms with E-state index in [0.717, 1.165) is 13.0 Å². The normalized spacial score (nSPS) is 18.4. The summed E-state index contributed by atoms with van der Waals surface area (Å²) in [6.45, 7) is 2.89. The van der Waals surface area contributed by atoms with Crippen LogP contribution in [-0.4, -0.2) is 12.6 Å². The topological polar surface area (TPSA) is 12.0 Å². The molecule has 2 rings (SSSR count). The van der Waals surface area contributed by atoms with Crippen LogP contribution in [0.5, 0.6) is 0 Å². The second-order valence-corrected chi connectivity index (χ2v) is 6.25. The third-order valence-electron chi connectivity index (χ3n) is 4.60. The molecule has 0 heterocycles. The molecule has 1 aliphatic carbocycles. The van der Waals surface area contributed by atoms with Crippen molar-refractivity contribution >= 4 is 0 Å². The monoisotopic (exact) mass is 295 g/mol. The van der Waals surface area contributed by atoms with E-state index in [1.165, 1.54) is 56.7 Å². The smallest absolute Gasteiger partial charge is 0.129 e. The number of hydrogen-bond acceptors (Lipinski definition) is 1. The molecule has 1 aliphatic rings. The number of benzene rings is 1. The molecule has 1 atom stereocenters. The molecule has 0 aliphatic heterocycles. The van der Waals surface area contributed by atoms with Crippen LogP contribution < -0.4 is 5.32 Å². The van der Waals surface area contributed by atoms with E-state index in [4.69, 9.17) is 0 Å². The molecule has 21 heavy (non-hydrogen) atoms. The van der Waals surface area contributed by atoms with E-state index in [9.17, 15) is 8.78 Å². The summed E-state index contributed by atoms with van der Waals surface area (Å²) >= 11 is 0. The van der Waals surface area contributed by atoms with Gasteiger partial charge in [-0.2, -0.15) is 0 Å². The highest BCUT2D eigenvalue weighted by atomic mass is 19.1. The van der Waals surface area contributed by atoms with Crippen LogP contribution in [0.15, 0.2) is 18.2 Å². The number of rotatable bonds is 6. The van der Waals surface area contributed by atoms with E-state index < -0.39 is 11.6 Å². The Morgan fingerprint density at radius 2 is 1.71 bits per heavy atom. The van der Waals surface area contributed by atoms with Gasteiger partial charge in [0.05, 0.1) is 0 Å². The fourth-order valence-corrected chi connectivity index (χ4v) is 3.50. The van der Waals surface area contributed by atoms with Crippen LogP contribution in [0.1, 0.15) is 57.4 Å². The molecule has 1 nitrogen and oxygen atoms in total. The molecule has 1 aromatic rings. The first-order valence-electron chi connectivity index (χ1n) is 8.37. The summed E-state index contributed by atoms with van der Waals surface area (Å²) in [4.78, 5) is 0. The van der Waals surface area contributed by atoms with Crippen molar-refractivity contribution in [2.24, 2.45) is 5.92 Å². The Morgan fingerprint density at radius 3 is 2.29 bits per heavy atom. The Labute approximate surface area is 127 Å². The summed E-state index contributed by atoms with van der Waals surface area (Å²) in [5.41, 5.74) is 0.233. The molecule has 118 valence electrons. The van der Waals surface area contributed by atoms with Crippen molar-refractivity contribution in [3.8, 4) is 0 Å². The Bertz CT molecular complexity index is 405. The first-order valence-corrected chi connectivity index (χ1v) is 8.37. The Hall–Kier alpha value is -0.960. The molecule has 1 saturated carbocycles. The average Bonchev–Trinajstić information content (AvgIpc) is 2.72. The Balaban J connectivity index is 2.01. The van der Waals surface area contributed by atoms with Crippen molar-refractivity contribution in [3.05, 3.63) is 35.4 Å². The maximum atomic E-state index is 13.8. The second-order valence-electron chi connectivity index (χ2n) is 6.25. The van der Waals surface area contributed by atoms with E-state index in [1.807, 2.05) is 0 Å². The van der Waals surface area contributed by atoms with E-state index in [-0.39, 0.29) is 11.6 Å². The molecule has 1 unspecified atom stereocenters. The van der Waals surface area contributed by atoms with Gasteiger partial charge in [-0.25, -0.2) is 8.78 Å². The molecule has 0 aromatic heterocycles. The summed E-state index contributed by atoms with van der Waals surface area (Å²) in [5.74, 6) is -0.135. The van der Waals surface area contributed by atoms with Crippen LogP contribution >= 0.6 is 0 Å². The molecule has 3 heteroatoms. The van der Waals surface area contributed by atoms with Gasteiger partial charge in [-0.1, -0.05) is 51.5 Å². The standard InChI is InChI=1S/C18H27F2N/c1-2-21-15(12-14-8-5-3-4-6-9-14)13-16-17(19)10-7-11-18(16)20/h7,10-11,14-15,21H,2-6,8-9,12-13H2,1H3. The Kier molecular flexibility index (Phi) is 6.62. The van der Waals surface area contributed by atoms with Crippen molar-refractivity contribution in [1.82, 2.24) is 5.32 Å². The van der Waals surface area contributed by atoms with Crippen LogP contribution in [0, 0.1) is 17.6 Å². The highest BCUT2D eigenvalue weighted by Gasteiger charge is 2.20. The van der Waals surface area contributed by atoms with Crippen molar-refractivity contribution in [2.45, 2.75) is 64.3 Å². The van der Waals surface area contributed by atoms with Crippen molar-refractivity contribution < 1.29 is 8.78 Å². The maximum absolute atomic E-state index is 13.8. The van der Waals surface area contributed by atoms with Gasteiger partial charge in [0.15, 0.2) is 0 Å². The Morgan fingerprint density at radius 1 is 1.10 bits per heavy atom. The van der Waals surface area contributed by atoms with Crippen LogP contribution in [-0.2, 0) is 6.42 Å². The molecule has 1 aromatic carbocycles. The van der Waals surface area contributed by atoms with Crippen molar-refractivity contribution in [3.63, 3.8) is 0 Å².